The van der Waals surface area contributed by atoms with E-state index in [4.69, 9.17) is 10.5 Å². The maximum absolute atomic E-state index is 13.0. The predicted molar refractivity (Wildman–Crippen MR) is 115 cm³/mol. The zero-order valence-corrected chi connectivity index (χ0v) is 17.7. The molecule has 4 rings (SSSR count). The van der Waals surface area contributed by atoms with Crippen molar-refractivity contribution in [1.82, 2.24) is 30.7 Å². The maximum Gasteiger partial charge on any atom is 0.292 e. The number of amides is 1. The SMILES string of the molecule is C/C(=N/NC(=O)c1c(C)nnn1-c1nonc1N)c1ccc(OCc2ccc(F)cc2)cc1. The molecule has 0 aliphatic rings. The maximum atomic E-state index is 13.0. The Labute approximate surface area is 187 Å². The number of nitrogens with zero attached hydrogens (tertiary/aromatic N) is 6. The van der Waals surface area contributed by atoms with E-state index in [0.717, 1.165) is 15.8 Å². The molecule has 12 heteroatoms. The number of hydrogen-bond donors (Lipinski definition) is 2. The minimum atomic E-state index is -0.557. The molecule has 0 atom stereocenters. The van der Waals surface area contributed by atoms with Crippen molar-refractivity contribution in [2.24, 2.45) is 5.10 Å². The number of nitrogens with one attached hydrogen (secondary N) is 1. The Kier molecular flexibility index (Phi) is 6.06. The number of hydrazone groups is 1. The Morgan fingerprint density at radius 2 is 1.91 bits per heavy atom. The number of nitrogens with two attached hydrogens (primary N) is 1. The summed E-state index contributed by atoms with van der Waals surface area (Å²) in [4.78, 5) is 12.7. The van der Waals surface area contributed by atoms with E-state index in [1.54, 1.807) is 38.1 Å². The highest BCUT2D eigenvalue weighted by Crippen LogP contribution is 2.16. The van der Waals surface area contributed by atoms with Gasteiger partial charge in [-0.1, -0.05) is 17.3 Å². The molecule has 2 aromatic heterocycles. The van der Waals surface area contributed by atoms with Crippen LogP contribution in [0.15, 0.2) is 58.3 Å². The number of hydrogen-bond acceptors (Lipinski definition) is 9. The molecule has 2 heterocycles. The van der Waals surface area contributed by atoms with Crippen LogP contribution in [0.3, 0.4) is 0 Å². The van der Waals surface area contributed by atoms with Gasteiger partial charge in [-0.05, 0) is 71.7 Å². The fourth-order valence-corrected chi connectivity index (χ4v) is 2.90. The smallest absolute Gasteiger partial charge is 0.292 e. The van der Waals surface area contributed by atoms with E-state index in [1.807, 2.05) is 12.1 Å². The molecule has 2 aromatic carbocycles. The van der Waals surface area contributed by atoms with Crippen LogP contribution in [0.2, 0.25) is 0 Å². The Balaban J connectivity index is 1.41. The van der Waals surface area contributed by atoms with Crippen molar-refractivity contribution in [2.75, 3.05) is 5.73 Å². The van der Waals surface area contributed by atoms with E-state index in [1.165, 1.54) is 12.1 Å². The van der Waals surface area contributed by atoms with Crippen LogP contribution in [0.1, 0.15) is 34.2 Å². The second kappa shape index (κ2) is 9.26. The van der Waals surface area contributed by atoms with Crippen molar-refractivity contribution in [3.8, 4) is 11.6 Å². The summed E-state index contributed by atoms with van der Waals surface area (Å²) in [6.45, 7) is 3.68. The van der Waals surface area contributed by atoms with Gasteiger partial charge in [-0.2, -0.15) is 9.78 Å². The number of aryl methyl sites for hydroxylation is 1. The fourth-order valence-electron chi connectivity index (χ4n) is 2.90. The van der Waals surface area contributed by atoms with Gasteiger partial charge in [0.1, 0.15) is 18.2 Å². The molecule has 33 heavy (non-hydrogen) atoms. The molecular weight excluding hydrogens is 431 g/mol. The van der Waals surface area contributed by atoms with Crippen LogP contribution < -0.4 is 15.9 Å². The normalized spacial score (nSPS) is 11.4. The van der Waals surface area contributed by atoms with Gasteiger partial charge < -0.3 is 10.5 Å². The van der Waals surface area contributed by atoms with E-state index in [9.17, 15) is 9.18 Å². The third-order valence-electron chi connectivity index (χ3n) is 4.67. The number of ether oxygens (including phenoxy) is 1. The van der Waals surface area contributed by atoms with Crippen LogP contribution in [0.5, 0.6) is 5.75 Å². The molecule has 1 amide bonds. The van der Waals surface area contributed by atoms with E-state index >= 15 is 0 Å². The number of carbonyl (C=O) groups is 1. The molecule has 0 spiro atoms. The van der Waals surface area contributed by atoms with Crippen molar-refractivity contribution >= 4 is 17.4 Å². The number of nitrogen functional groups attached to an aromatic ring is 1. The zero-order chi connectivity index (χ0) is 23.4. The Hall–Kier alpha value is -4.61. The fraction of sp³-hybridized carbons (Fsp3) is 0.143. The lowest BCUT2D eigenvalue weighted by molar-refractivity contribution is 0.0946. The second-order valence-corrected chi connectivity index (χ2v) is 6.99. The van der Waals surface area contributed by atoms with E-state index < -0.39 is 5.91 Å². The van der Waals surface area contributed by atoms with Crippen LogP contribution >= 0.6 is 0 Å². The average molecular weight is 450 g/mol. The molecule has 0 aliphatic carbocycles. The first-order valence-corrected chi connectivity index (χ1v) is 9.75. The van der Waals surface area contributed by atoms with Gasteiger partial charge in [-0.3, -0.25) is 4.79 Å². The third kappa shape index (κ3) is 4.84. The molecule has 168 valence electrons. The lowest BCUT2D eigenvalue weighted by atomic mass is 10.1. The van der Waals surface area contributed by atoms with Crippen LogP contribution in [0.4, 0.5) is 10.2 Å². The van der Waals surface area contributed by atoms with Gasteiger partial charge in [0.25, 0.3) is 5.91 Å². The number of aromatic nitrogens is 5. The van der Waals surface area contributed by atoms with Gasteiger partial charge >= 0.3 is 0 Å². The molecule has 0 unspecified atom stereocenters. The third-order valence-corrected chi connectivity index (χ3v) is 4.67. The number of rotatable bonds is 7. The van der Waals surface area contributed by atoms with Crippen molar-refractivity contribution in [3.05, 3.63) is 76.9 Å². The van der Waals surface area contributed by atoms with Gasteiger partial charge in [-0.25, -0.2) is 14.4 Å². The van der Waals surface area contributed by atoms with Crippen LogP contribution in [0, 0.1) is 12.7 Å². The first-order chi connectivity index (χ1) is 15.9. The lowest BCUT2D eigenvalue weighted by Crippen LogP contribution is -2.24. The summed E-state index contributed by atoms with van der Waals surface area (Å²) < 4.78 is 24.4. The minimum Gasteiger partial charge on any atom is -0.489 e. The Morgan fingerprint density at radius 1 is 1.18 bits per heavy atom. The molecule has 0 radical (unpaired) electrons. The van der Waals surface area contributed by atoms with Gasteiger partial charge in [-0.15, -0.1) is 5.10 Å². The zero-order valence-electron chi connectivity index (χ0n) is 17.7. The minimum absolute atomic E-state index is 0.0321. The van der Waals surface area contributed by atoms with Crippen molar-refractivity contribution in [3.63, 3.8) is 0 Å². The highest BCUT2D eigenvalue weighted by molar-refractivity contribution is 6.00. The van der Waals surface area contributed by atoms with Gasteiger partial charge in [0, 0.05) is 0 Å². The van der Waals surface area contributed by atoms with E-state index in [0.29, 0.717) is 23.8 Å². The van der Waals surface area contributed by atoms with Gasteiger partial charge in [0.05, 0.1) is 11.4 Å². The molecule has 0 fully saturated rings. The van der Waals surface area contributed by atoms with Gasteiger partial charge in [0.15, 0.2) is 5.69 Å². The molecule has 0 bridgehead atoms. The quantitative estimate of drug-likeness (QED) is 0.322. The summed E-state index contributed by atoms with van der Waals surface area (Å²) in [5, 5.41) is 19.0. The average Bonchev–Trinajstić information content (AvgIpc) is 3.42. The lowest BCUT2D eigenvalue weighted by Gasteiger charge is -2.08. The summed E-state index contributed by atoms with van der Waals surface area (Å²) in [6, 6.07) is 13.3. The van der Waals surface area contributed by atoms with Gasteiger partial charge in [0.2, 0.25) is 11.6 Å². The highest BCUT2D eigenvalue weighted by atomic mass is 19.1. The number of halogens is 1. The molecule has 11 nitrogen and oxygen atoms in total. The first kappa shape index (κ1) is 21.6. The monoisotopic (exact) mass is 450 g/mol. The topological polar surface area (TPSA) is 146 Å². The largest absolute Gasteiger partial charge is 0.489 e. The predicted octanol–water partition coefficient (Wildman–Crippen LogP) is 2.41. The molecular formula is C21H19FN8O3. The van der Waals surface area contributed by atoms with Crippen molar-refractivity contribution < 1.29 is 18.6 Å². The number of anilines is 1. The van der Waals surface area contributed by atoms with Crippen molar-refractivity contribution in [1.29, 1.82) is 0 Å². The number of benzene rings is 2. The van der Waals surface area contributed by atoms with E-state index in [2.05, 4.69) is 35.8 Å². The van der Waals surface area contributed by atoms with Crippen molar-refractivity contribution in [2.45, 2.75) is 20.5 Å². The number of carbonyl (C=O) groups excluding carboxylic acids is 1. The van der Waals surface area contributed by atoms with Crippen LogP contribution in [-0.4, -0.2) is 36.9 Å². The summed E-state index contributed by atoms with van der Waals surface area (Å²) in [6.07, 6.45) is 0. The Morgan fingerprint density at radius 3 is 2.58 bits per heavy atom. The van der Waals surface area contributed by atoms with E-state index in [-0.39, 0.29) is 23.1 Å². The molecule has 0 saturated carbocycles. The molecule has 4 aromatic rings. The molecule has 0 aliphatic heterocycles. The Bertz CT molecular complexity index is 1300. The second-order valence-electron chi connectivity index (χ2n) is 6.99. The van der Waals surface area contributed by atoms with Crippen LogP contribution in [-0.2, 0) is 6.61 Å². The summed E-state index contributed by atoms with van der Waals surface area (Å²) in [5.41, 5.74) is 10.8. The van der Waals surface area contributed by atoms with Crippen LogP contribution in [0.25, 0.3) is 5.82 Å². The highest BCUT2D eigenvalue weighted by Gasteiger charge is 2.22. The molecule has 3 N–H and O–H groups in total. The standard InChI is InChI=1S/C21H19FN8O3/c1-12(15-5-9-17(10-6-15)32-11-14-3-7-16(22)8-4-14)24-26-21(31)18-13(2)25-29-30(18)20-19(23)27-33-28-20/h3-10H,11H2,1-2H3,(H2,23,27)(H,26,31)/b24-12-. The first-order valence-electron chi connectivity index (χ1n) is 9.75. The summed E-state index contributed by atoms with van der Waals surface area (Å²) in [7, 11) is 0. The summed E-state index contributed by atoms with van der Waals surface area (Å²) >= 11 is 0. The molecule has 0 saturated heterocycles. The summed E-state index contributed by atoms with van der Waals surface area (Å²) in [5.74, 6) is -0.184.